The maximum Gasteiger partial charge on any atom is 0.270 e. The van der Waals surface area contributed by atoms with Crippen LogP contribution in [0.2, 0.25) is 5.15 Å². The Labute approximate surface area is 161 Å². The Bertz CT molecular complexity index is 896. The number of nitrogens with zero attached hydrogens (tertiary/aromatic N) is 1. The second-order valence-corrected chi connectivity index (χ2v) is 8.08. The fourth-order valence-corrected chi connectivity index (χ4v) is 4.52. The quantitative estimate of drug-likeness (QED) is 0.766. The number of halogens is 2. The van der Waals surface area contributed by atoms with Crippen molar-refractivity contribution in [3.05, 3.63) is 59.1 Å². The predicted molar refractivity (Wildman–Crippen MR) is 99.9 cm³/mol. The average Bonchev–Trinajstić information content (AvgIpc) is 2.58. The molecule has 1 aromatic carbocycles. The number of anilines is 1. The smallest absolute Gasteiger partial charge is 0.270 e. The molecule has 5 rings (SSSR count). The second-order valence-electron chi connectivity index (χ2n) is 7.69. The van der Waals surface area contributed by atoms with E-state index in [2.05, 4.69) is 15.6 Å². The zero-order chi connectivity index (χ0) is 19.2. The number of pyridine rings is 1. The van der Waals surface area contributed by atoms with E-state index in [0.29, 0.717) is 11.4 Å². The van der Waals surface area contributed by atoms with E-state index in [1.54, 1.807) is 30.3 Å². The molecule has 1 heterocycles. The monoisotopic (exact) mass is 387 g/mol. The number of hydrogen-bond donors (Lipinski definition) is 2. The molecule has 2 aromatic rings. The zero-order valence-electron chi connectivity index (χ0n) is 14.8. The first-order valence-corrected chi connectivity index (χ1v) is 9.20. The van der Waals surface area contributed by atoms with Gasteiger partial charge in [-0.3, -0.25) is 9.59 Å². The van der Waals surface area contributed by atoms with E-state index in [4.69, 9.17) is 11.6 Å². The van der Waals surface area contributed by atoms with E-state index in [1.165, 1.54) is 12.1 Å². The Morgan fingerprint density at radius 2 is 1.81 bits per heavy atom. The van der Waals surface area contributed by atoms with E-state index in [1.807, 2.05) is 6.92 Å². The van der Waals surface area contributed by atoms with Gasteiger partial charge in [0, 0.05) is 17.1 Å². The number of carbonyl (C=O) groups excluding carboxylic acids is 2. The van der Waals surface area contributed by atoms with Gasteiger partial charge in [-0.1, -0.05) is 24.6 Å². The molecule has 3 aliphatic rings. The minimum atomic E-state index is -0.340. The molecule has 0 radical (unpaired) electrons. The highest BCUT2D eigenvalue weighted by Gasteiger charge is 2.71. The number of nitrogens with one attached hydrogen (secondary N) is 2. The highest BCUT2D eigenvalue weighted by atomic mass is 35.5. The van der Waals surface area contributed by atoms with Crippen molar-refractivity contribution in [1.82, 2.24) is 10.3 Å². The van der Waals surface area contributed by atoms with Crippen LogP contribution in [0.1, 0.15) is 36.7 Å². The topological polar surface area (TPSA) is 71.1 Å². The fraction of sp³-hybridized carbons (Fsp3) is 0.350. The molecule has 140 valence electrons. The Balaban J connectivity index is 1.33. The summed E-state index contributed by atoms with van der Waals surface area (Å²) in [6.45, 7) is 1.91. The fourth-order valence-electron chi connectivity index (χ4n) is 4.36. The van der Waals surface area contributed by atoms with E-state index in [-0.39, 0.29) is 39.7 Å². The van der Waals surface area contributed by atoms with Gasteiger partial charge in [-0.15, -0.1) is 0 Å². The molecule has 2 bridgehead atoms. The maximum atomic E-state index is 13.0. The first-order valence-electron chi connectivity index (χ1n) is 8.82. The number of benzene rings is 1. The molecule has 3 saturated carbocycles. The van der Waals surface area contributed by atoms with Crippen LogP contribution in [0.3, 0.4) is 0 Å². The standard InChI is InChI=1S/C20H19ClFN3O2/c1-12(17(26)23-14-7-5-13(22)6-8-14)19-9-20(10-19,11-19)25-18(27)15-3-2-4-16(21)24-15/h2-8,12H,9-11H2,1H3,(H,23,26)(H,25,27)/t12-,19?,20?/m1/s1. The van der Waals surface area contributed by atoms with Crippen molar-refractivity contribution in [1.29, 1.82) is 0 Å². The lowest BCUT2D eigenvalue weighted by Crippen LogP contribution is -2.77. The molecule has 2 N–H and O–H groups in total. The molecule has 27 heavy (non-hydrogen) atoms. The van der Waals surface area contributed by atoms with Gasteiger partial charge in [-0.05, 0) is 61.1 Å². The molecular formula is C20H19ClFN3O2. The number of hydrogen-bond acceptors (Lipinski definition) is 3. The Morgan fingerprint density at radius 3 is 2.44 bits per heavy atom. The Morgan fingerprint density at radius 1 is 1.15 bits per heavy atom. The van der Waals surface area contributed by atoms with Crippen LogP contribution in [-0.4, -0.2) is 22.3 Å². The van der Waals surface area contributed by atoms with Crippen molar-refractivity contribution < 1.29 is 14.0 Å². The Hall–Kier alpha value is -2.47. The van der Waals surface area contributed by atoms with E-state index < -0.39 is 0 Å². The first-order chi connectivity index (χ1) is 12.8. The summed E-state index contributed by atoms with van der Waals surface area (Å²) in [5.41, 5.74) is 0.545. The normalized spacial score (nSPS) is 26.3. The van der Waals surface area contributed by atoms with Crippen LogP contribution in [-0.2, 0) is 4.79 Å². The Kier molecular flexibility index (Phi) is 4.18. The van der Waals surface area contributed by atoms with Gasteiger partial charge in [0.25, 0.3) is 5.91 Å². The van der Waals surface area contributed by atoms with Crippen LogP contribution >= 0.6 is 11.6 Å². The van der Waals surface area contributed by atoms with Crippen LogP contribution in [0.4, 0.5) is 10.1 Å². The summed E-state index contributed by atoms with van der Waals surface area (Å²) in [6.07, 6.45) is 2.30. The maximum absolute atomic E-state index is 13.0. The van der Waals surface area contributed by atoms with Gasteiger partial charge in [0.05, 0.1) is 0 Å². The molecule has 3 fully saturated rings. The molecule has 2 amide bonds. The van der Waals surface area contributed by atoms with Gasteiger partial charge in [0.15, 0.2) is 0 Å². The number of carbonyl (C=O) groups is 2. The van der Waals surface area contributed by atoms with Crippen molar-refractivity contribution >= 4 is 29.1 Å². The lowest BCUT2D eigenvalue weighted by molar-refractivity contribution is -0.184. The molecule has 0 unspecified atom stereocenters. The minimum absolute atomic E-state index is 0.0842. The van der Waals surface area contributed by atoms with Gasteiger partial charge in [0.1, 0.15) is 16.7 Å². The van der Waals surface area contributed by atoms with Crippen LogP contribution in [0.15, 0.2) is 42.5 Å². The minimum Gasteiger partial charge on any atom is -0.345 e. The van der Waals surface area contributed by atoms with Gasteiger partial charge >= 0.3 is 0 Å². The van der Waals surface area contributed by atoms with Gasteiger partial charge < -0.3 is 10.6 Å². The highest BCUT2D eigenvalue weighted by Crippen LogP contribution is 2.70. The van der Waals surface area contributed by atoms with Crippen LogP contribution in [0.5, 0.6) is 0 Å². The van der Waals surface area contributed by atoms with E-state index in [9.17, 15) is 14.0 Å². The lowest BCUT2D eigenvalue weighted by Gasteiger charge is -2.72. The summed E-state index contributed by atoms with van der Waals surface area (Å²) in [5.74, 6) is -0.857. The molecule has 5 nitrogen and oxygen atoms in total. The van der Waals surface area contributed by atoms with E-state index >= 15 is 0 Å². The largest absolute Gasteiger partial charge is 0.345 e. The number of amides is 2. The third-order valence-electron chi connectivity index (χ3n) is 5.82. The summed E-state index contributed by atoms with van der Waals surface area (Å²) >= 11 is 5.84. The van der Waals surface area contributed by atoms with Crippen molar-refractivity contribution in [2.75, 3.05) is 5.32 Å². The molecule has 0 spiro atoms. The SMILES string of the molecule is C[C@H](C(=O)Nc1ccc(F)cc1)C12CC(NC(=O)c3cccc(Cl)n3)(C1)C2. The summed E-state index contributed by atoms with van der Waals surface area (Å²) < 4.78 is 13.0. The number of rotatable bonds is 5. The van der Waals surface area contributed by atoms with Crippen LogP contribution < -0.4 is 10.6 Å². The number of aromatic nitrogens is 1. The van der Waals surface area contributed by atoms with E-state index in [0.717, 1.165) is 19.3 Å². The molecule has 0 saturated heterocycles. The van der Waals surface area contributed by atoms with Crippen LogP contribution in [0.25, 0.3) is 0 Å². The third kappa shape index (κ3) is 3.18. The molecule has 0 aliphatic heterocycles. The van der Waals surface area contributed by atoms with Gasteiger partial charge in [-0.2, -0.15) is 0 Å². The third-order valence-corrected chi connectivity index (χ3v) is 6.03. The summed E-state index contributed by atoms with van der Waals surface area (Å²) in [4.78, 5) is 28.9. The van der Waals surface area contributed by atoms with Crippen molar-refractivity contribution in [3.8, 4) is 0 Å². The molecule has 1 aromatic heterocycles. The highest BCUT2D eigenvalue weighted by molar-refractivity contribution is 6.29. The predicted octanol–water partition coefficient (Wildman–Crippen LogP) is 3.80. The second kappa shape index (κ2) is 6.30. The van der Waals surface area contributed by atoms with Crippen molar-refractivity contribution in [2.24, 2.45) is 11.3 Å². The van der Waals surface area contributed by atoms with Crippen molar-refractivity contribution in [3.63, 3.8) is 0 Å². The average molecular weight is 388 g/mol. The summed E-state index contributed by atoms with van der Waals surface area (Å²) in [5, 5.41) is 6.16. The van der Waals surface area contributed by atoms with Crippen molar-refractivity contribution in [2.45, 2.75) is 31.7 Å². The van der Waals surface area contributed by atoms with Crippen LogP contribution in [0, 0.1) is 17.2 Å². The lowest BCUT2D eigenvalue weighted by atomic mass is 9.36. The summed E-state index contributed by atoms with van der Waals surface area (Å²) in [7, 11) is 0. The van der Waals surface area contributed by atoms with Gasteiger partial charge in [0.2, 0.25) is 5.91 Å². The zero-order valence-corrected chi connectivity index (χ0v) is 15.5. The summed E-state index contributed by atoms with van der Waals surface area (Å²) in [6, 6.07) is 10.7. The first kappa shape index (κ1) is 17.9. The molecule has 7 heteroatoms. The molecular weight excluding hydrogens is 369 g/mol. The molecule has 1 atom stereocenters. The van der Waals surface area contributed by atoms with Gasteiger partial charge in [-0.25, -0.2) is 9.37 Å². The molecule has 3 aliphatic carbocycles.